The maximum atomic E-state index is 12.7. The van der Waals surface area contributed by atoms with Gasteiger partial charge in [0.2, 0.25) is 0 Å². The van der Waals surface area contributed by atoms with Crippen LogP contribution in [0.4, 0.5) is 4.39 Å². The molecule has 1 amide bonds. The van der Waals surface area contributed by atoms with Crippen molar-refractivity contribution in [2.24, 2.45) is 0 Å². The average Bonchev–Trinajstić information content (AvgIpc) is 2.55. The summed E-state index contributed by atoms with van der Waals surface area (Å²) in [5.74, 6) is -0.0556. The van der Waals surface area contributed by atoms with E-state index in [-0.39, 0.29) is 18.3 Å². The summed E-state index contributed by atoms with van der Waals surface area (Å²) in [7, 11) is 0. The van der Waals surface area contributed by atoms with Crippen molar-refractivity contribution in [3.63, 3.8) is 0 Å². The molecule has 0 aromatic heterocycles. The standard InChI is InChI=1S/C18H18FNO2/c19-16-9-11-17(12-10-16)22-14-18(21)20-13-5-4-8-15-6-2-1-3-7-15/h1-4,6-12H,5,13-14H2,(H,20,21)/b8-4+. The maximum Gasteiger partial charge on any atom is 0.257 e. The fraction of sp³-hybridized carbons (Fsp3) is 0.167. The van der Waals surface area contributed by atoms with Gasteiger partial charge in [-0.2, -0.15) is 0 Å². The van der Waals surface area contributed by atoms with E-state index >= 15 is 0 Å². The molecule has 2 rings (SSSR count). The molecule has 0 heterocycles. The summed E-state index contributed by atoms with van der Waals surface area (Å²) in [6.07, 6.45) is 4.77. The molecule has 0 aliphatic rings. The first-order chi connectivity index (χ1) is 10.7. The quantitative estimate of drug-likeness (QED) is 0.796. The van der Waals surface area contributed by atoms with Crippen LogP contribution in [0.2, 0.25) is 0 Å². The summed E-state index contributed by atoms with van der Waals surface area (Å²) in [6, 6.07) is 15.5. The summed E-state index contributed by atoms with van der Waals surface area (Å²) in [6.45, 7) is 0.475. The number of amides is 1. The fourth-order valence-electron chi connectivity index (χ4n) is 1.81. The normalized spacial score (nSPS) is 10.6. The fourth-order valence-corrected chi connectivity index (χ4v) is 1.81. The Balaban J connectivity index is 1.61. The number of carbonyl (C=O) groups is 1. The highest BCUT2D eigenvalue weighted by atomic mass is 19.1. The first kappa shape index (κ1) is 15.8. The number of nitrogens with one attached hydrogen (secondary N) is 1. The molecule has 0 unspecified atom stereocenters. The van der Waals surface area contributed by atoms with E-state index in [9.17, 15) is 9.18 Å². The number of halogens is 1. The van der Waals surface area contributed by atoms with E-state index in [2.05, 4.69) is 5.32 Å². The second kappa shape index (κ2) is 8.62. The molecule has 22 heavy (non-hydrogen) atoms. The zero-order chi connectivity index (χ0) is 15.6. The monoisotopic (exact) mass is 299 g/mol. The van der Waals surface area contributed by atoms with Gasteiger partial charge in [0, 0.05) is 6.54 Å². The number of benzene rings is 2. The van der Waals surface area contributed by atoms with Crippen molar-refractivity contribution in [3.05, 3.63) is 72.1 Å². The van der Waals surface area contributed by atoms with Gasteiger partial charge in [0.05, 0.1) is 0 Å². The van der Waals surface area contributed by atoms with Crippen LogP contribution in [0.25, 0.3) is 6.08 Å². The first-order valence-corrected chi connectivity index (χ1v) is 7.11. The van der Waals surface area contributed by atoms with Gasteiger partial charge in [0.15, 0.2) is 6.61 Å². The Kier molecular flexibility index (Phi) is 6.18. The molecule has 0 spiro atoms. The van der Waals surface area contributed by atoms with Gasteiger partial charge in [0.25, 0.3) is 5.91 Å². The second-order valence-electron chi connectivity index (χ2n) is 4.69. The van der Waals surface area contributed by atoms with Crippen LogP contribution in [-0.4, -0.2) is 19.1 Å². The Labute approximate surface area is 129 Å². The molecule has 0 aliphatic carbocycles. The van der Waals surface area contributed by atoms with E-state index < -0.39 is 0 Å². The van der Waals surface area contributed by atoms with Gasteiger partial charge in [-0.15, -0.1) is 0 Å². The zero-order valence-electron chi connectivity index (χ0n) is 12.2. The van der Waals surface area contributed by atoms with E-state index in [4.69, 9.17) is 4.74 Å². The lowest BCUT2D eigenvalue weighted by Crippen LogP contribution is -2.29. The molecule has 114 valence electrons. The van der Waals surface area contributed by atoms with Gasteiger partial charge >= 0.3 is 0 Å². The van der Waals surface area contributed by atoms with Crippen molar-refractivity contribution in [3.8, 4) is 5.75 Å². The van der Waals surface area contributed by atoms with Crippen LogP contribution < -0.4 is 10.1 Å². The Bertz CT molecular complexity index is 609. The molecule has 0 aliphatic heterocycles. The SMILES string of the molecule is O=C(COc1ccc(F)cc1)NCC/C=C/c1ccccc1. The predicted molar refractivity (Wildman–Crippen MR) is 85.0 cm³/mol. The Hall–Kier alpha value is -2.62. The predicted octanol–water partition coefficient (Wildman–Crippen LogP) is 3.42. The maximum absolute atomic E-state index is 12.7. The molecule has 0 fully saturated rings. The summed E-state index contributed by atoms with van der Waals surface area (Å²) in [5, 5.41) is 2.76. The summed E-state index contributed by atoms with van der Waals surface area (Å²) < 4.78 is 18.0. The average molecular weight is 299 g/mol. The minimum absolute atomic E-state index is 0.0754. The lowest BCUT2D eigenvalue weighted by Gasteiger charge is -2.06. The lowest BCUT2D eigenvalue weighted by atomic mass is 10.2. The largest absolute Gasteiger partial charge is 0.484 e. The number of carbonyl (C=O) groups excluding carboxylic acids is 1. The van der Waals surface area contributed by atoms with Gasteiger partial charge in [-0.25, -0.2) is 4.39 Å². The zero-order valence-corrected chi connectivity index (χ0v) is 12.2. The van der Waals surface area contributed by atoms with Gasteiger partial charge in [-0.05, 0) is 36.2 Å². The van der Waals surface area contributed by atoms with Crippen LogP contribution >= 0.6 is 0 Å². The summed E-state index contributed by atoms with van der Waals surface area (Å²) in [5.41, 5.74) is 1.13. The molecule has 0 saturated carbocycles. The number of rotatable bonds is 7. The smallest absolute Gasteiger partial charge is 0.257 e. The highest BCUT2D eigenvalue weighted by molar-refractivity contribution is 5.77. The molecule has 0 radical (unpaired) electrons. The number of ether oxygens (including phenoxy) is 1. The van der Waals surface area contributed by atoms with Crippen LogP contribution in [0, 0.1) is 5.82 Å². The van der Waals surface area contributed by atoms with Gasteiger partial charge < -0.3 is 10.1 Å². The molecule has 1 N–H and O–H groups in total. The van der Waals surface area contributed by atoms with Crippen molar-refractivity contribution in [2.45, 2.75) is 6.42 Å². The lowest BCUT2D eigenvalue weighted by molar-refractivity contribution is -0.123. The van der Waals surface area contributed by atoms with Crippen molar-refractivity contribution in [1.82, 2.24) is 5.32 Å². The van der Waals surface area contributed by atoms with Gasteiger partial charge in [-0.1, -0.05) is 42.5 Å². The van der Waals surface area contributed by atoms with E-state index in [0.717, 1.165) is 12.0 Å². The molecule has 0 saturated heterocycles. The molecule has 3 nitrogen and oxygen atoms in total. The first-order valence-electron chi connectivity index (χ1n) is 7.11. The molecule has 2 aromatic carbocycles. The van der Waals surface area contributed by atoms with Crippen LogP contribution in [0.5, 0.6) is 5.75 Å². The molecular formula is C18H18FNO2. The Morgan fingerprint density at radius 3 is 2.55 bits per heavy atom. The van der Waals surface area contributed by atoms with E-state index in [1.165, 1.54) is 24.3 Å². The van der Waals surface area contributed by atoms with Crippen molar-refractivity contribution in [1.29, 1.82) is 0 Å². The van der Waals surface area contributed by atoms with Crippen LogP contribution in [0.3, 0.4) is 0 Å². The number of hydrogen-bond donors (Lipinski definition) is 1. The second-order valence-corrected chi connectivity index (χ2v) is 4.69. The van der Waals surface area contributed by atoms with Crippen LogP contribution in [0.1, 0.15) is 12.0 Å². The molecule has 2 aromatic rings. The highest BCUT2D eigenvalue weighted by Crippen LogP contribution is 2.10. The van der Waals surface area contributed by atoms with Crippen molar-refractivity contribution >= 4 is 12.0 Å². The topological polar surface area (TPSA) is 38.3 Å². The summed E-state index contributed by atoms with van der Waals surface area (Å²) in [4.78, 5) is 11.6. The van der Waals surface area contributed by atoms with E-state index in [0.29, 0.717) is 12.3 Å². The molecular weight excluding hydrogens is 281 g/mol. The third-order valence-corrected chi connectivity index (χ3v) is 2.93. The van der Waals surface area contributed by atoms with E-state index in [1.807, 2.05) is 42.5 Å². The van der Waals surface area contributed by atoms with Crippen molar-refractivity contribution < 1.29 is 13.9 Å². The number of hydrogen-bond acceptors (Lipinski definition) is 2. The van der Waals surface area contributed by atoms with Crippen LogP contribution in [-0.2, 0) is 4.79 Å². The van der Waals surface area contributed by atoms with E-state index in [1.54, 1.807) is 0 Å². The molecule has 0 atom stereocenters. The Morgan fingerprint density at radius 1 is 1.09 bits per heavy atom. The van der Waals surface area contributed by atoms with Crippen molar-refractivity contribution in [2.75, 3.05) is 13.2 Å². The highest BCUT2D eigenvalue weighted by Gasteiger charge is 2.01. The van der Waals surface area contributed by atoms with Crippen LogP contribution in [0.15, 0.2) is 60.7 Å². The molecule has 4 heteroatoms. The minimum Gasteiger partial charge on any atom is -0.484 e. The summed E-state index contributed by atoms with van der Waals surface area (Å²) >= 11 is 0. The Morgan fingerprint density at radius 2 is 1.82 bits per heavy atom. The van der Waals surface area contributed by atoms with Gasteiger partial charge in [-0.3, -0.25) is 4.79 Å². The molecule has 0 bridgehead atoms. The minimum atomic E-state index is -0.331. The third kappa shape index (κ3) is 5.79. The van der Waals surface area contributed by atoms with Gasteiger partial charge in [0.1, 0.15) is 11.6 Å². The third-order valence-electron chi connectivity index (χ3n) is 2.93.